The highest BCUT2D eigenvalue weighted by Crippen LogP contribution is 2.12. The number of hydrogen-bond acceptors (Lipinski definition) is 4. The third-order valence-electron chi connectivity index (χ3n) is 2.18. The zero-order chi connectivity index (χ0) is 15.2. The fourth-order valence-electron chi connectivity index (χ4n) is 1.29. The van der Waals surface area contributed by atoms with E-state index in [9.17, 15) is 22.0 Å². The summed E-state index contributed by atoms with van der Waals surface area (Å²) >= 11 is 0. The van der Waals surface area contributed by atoms with Crippen LogP contribution in [0.2, 0.25) is 0 Å². The smallest absolute Gasteiger partial charge is 0.261 e. The Labute approximate surface area is 115 Å². The number of carbonyl (C=O) groups is 1. The average molecular weight is 308 g/mol. The maximum atomic E-state index is 11.8. The molecule has 0 saturated heterocycles. The molecule has 1 rings (SSSR count). The van der Waals surface area contributed by atoms with Crippen molar-refractivity contribution in [1.82, 2.24) is 0 Å². The molecule has 0 spiro atoms. The summed E-state index contributed by atoms with van der Waals surface area (Å²) in [5, 5.41) is 7.39. The number of alkyl halides is 2. The van der Waals surface area contributed by atoms with Crippen LogP contribution in [-0.4, -0.2) is 34.0 Å². The van der Waals surface area contributed by atoms with Gasteiger partial charge in [-0.3, -0.25) is 4.79 Å². The number of halogens is 2. The molecule has 0 aliphatic heterocycles. The van der Waals surface area contributed by atoms with Gasteiger partial charge in [0.15, 0.2) is 0 Å². The first-order chi connectivity index (χ1) is 9.29. The molecule has 0 atom stereocenters. The number of anilines is 1. The normalized spacial score (nSPS) is 11.6. The van der Waals surface area contributed by atoms with Crippen LogP contribution < -0.4 is 10.5 Å². The lowest BCUT2D eigenvalue weighted by atomic mass is 10.3. The maximum Gasteiger partial charge on any atom is 0.261 e. The third-order valence-corrected chi connectivity index (χ3v) is 3.11. The number of carbonyl (C=O) groups excluding carboxylic acids is 1. The van der Waals surface area contributed by atoms with E-state index in [0.717, 1.165) is 0 Å². The Morgan fingerprint density at radius 2 is 1.90 bits per heavy atom. The minimum Gasteiger partial charge on any atom is -0.375 e. The molecule has 1 aromatic carbocycles. The molecular formula is C11H14F2N2O4S. The van der Waals surface area contributed by atoms with Gasteiger partial charge in [-0.1, -0.05) is 0 Å². The highest BCUT2D eigenvalue weighted by atomic mass is 32.2. The van der Waals surface area contributed by atoms with Crippen molar-refractivity contribution in [3.8, 4) is 0 Å². The van der Waals surface area contributed by atoms with E-state index in [0.29, 0.717) is 5.69 Å². The molecule has 0 aliphatic rings. The molecule has 0 saturated carbocycles. The molecule has 1 aromatic rings. The van der Waals surface area contributed by atoms with Crippen LogP contribution in [0, 0.1) is 0 Å². The molecule has 9 heteroatoms. The molecule has 1 amide bonds. The predicted octanol–water partition coefficient (Wildman–Crippen LogP) is 0.944. The number of hydrogen-bond donors (Lipinski definition) is 2. The van der Waals surface area contributed by atoms with E-state index in [-0.39, 0.29) is 17.9 Å². The number of ether oxygens (including phenoxy) is 1. The first-order valence-electron chi connectivity index (χ1n) is 5.57. The molecule has 0 radical (unpaired) electrons. The van der Waals surface area contributed by atoms with Crippen molar-refractivity contribution >= 4 is 21.6 Å². The molecule has 0 bridgehead atoms. The number of nitrogens with two attached hydrogens (primary N) is 1. The molecule has 20 heavy (non-hydrogen) atoms. The summed E-state index contributed by atoms with van der Waals surface area (Å²) in [6, 6.07) is 5.24. The van der Waals surface area contributed by atoms with Crippen molar-refractivity contribution in [3.05, 3.63) is 24.3 Å². The average Bonchev–Trinajstić information content (AvgIpc) is 2.34. The van der Waals surface area contributed by atoms with Crippen LogP contribution >= 0.6 is 0 Å². The van der Waals surface area contributed by atoms with Crippen LogP contribution in [0.15, 0.2) is 29.2 Å². The zero-order valence-electron chi connectivity index (χ0n) is 10.4. The Balaban J connectivity index is 2.43. The van der Waals surface area contributed by atoms with Gasteiger partial charge in [-0.15, -0.1) is 0 Å². The van der Waals surface area contributed by atoms with Gasteiger partial charge >= 0.3 is 0 Å². The zero-order valence-corrected chi connectivity index (χ0v) is 11.2. The quantitative estimate of drug-likeness (QED) is 0.732. The summed E-state index contributed by atoms with van der Waals surface area (Å²) in [5.41, 5.74) is 0.372. The van der Waals surface area contributed by atoms with Crippen LogP contribution in [0.25, 0.3) is 0 Å². The van der Waals surface area contributed by atoms with Crippen LogP contribution in [0.1, 0.15) is 6.42 Å². The first-order valence-corrected chi connectivity index (χ1v) is 7.12. The molecule has 0 aliphatic carbocycles. The third kappa shape index (κ3) is 6.04. The summed E-state index contributed by atoms with van der Waals surface area (Å²) in [6.07, 6.45) is -2.65. The lowest BCUT2D eigenvalue weighted by Crippen LogP contribution is -2.16. The van der Waals surface area contributed by atoms with Crippen molar-refractivity contribution in [2.24, 2.45) is 5.14 Å². The Bertz CT molecular complexity index is 546. The summed E-state index contributed by atoms with van der Waals surface area (Å²) < 4.78 is 50.1. The van der Waals surface area contributed by atoms with Crippen LogP contribution in [0.3, 0.4) is 0 Å². The fraction of sp³-hybridized carbons (Fsp3) is 0.364. The second kappa shape index (κ2) is 7.27. The molecule has 112 valence electrons. The molecule has 0 unspecified atom stereocenters. The minimum atomic E-state index is -3.78. The van der Waals surface area contributed by atoms with Gasteiger partial charge in [0, 0.05) is 5.69 Å². The van der Waals surface area contributed by atoms with Gasteiger partial charge in [0.1, 0.15) is 6.61 Å². The van der Waals surface area contributed by atoms with Gasteiger partial charge in [-0.2, -0.15) is 0 Å². The lowest BCUT2D eigenvalue weighted by Gasteiger charge is -2.06. The largest absolute Gasteiger partial charge is 0.375 e. The Kier molecular flexibility index (Phi) is 5.99. The molecule has 0 fully saturated rings. The van der Waals surface area contributed by atoms with Crippen LogP contribution in [0.5, 0.6) is 0 Å². The molecule has 0 heterocycles. The van der Waals surface area contributed by atoms with E-state index < -0.39 is 29.0 Å². The van der Waals surface area contributed by atoms with E-state index >= 15 is 0 Å². The summed E-state index contributed by atoms with van der Waals surface area (Å²) in [5.74, 6) is -0.428. The number of sulfonamides is 1. The highest BCUT2D eigenvalue weighted by molar-refractivity contribution is 7.89. The van der Waals surface area contributed by atoms with Gasteiger partial charge < -0.3 is 10.1 Å². The van der Waals surface area contributed by atoms with Gasteiger partial charge in [0.05, 0.1) is 17.9 Å². The lowest BCUT2D eigenvalue weighted by molar-refractivity contribution is -0.117. The maximum absolute atomic E-state index is 11.8. The van der Waals surface area contributed by atoms with Gasteiger partial charge in [0.25, 0.3) is 6.43 Å². The fourth-order valence-corrected chi connectivity index (χ4v) is 1.80. The summed E-state index contributed by atoms with van der Waals surface area (Å²) in [7, 11) is -3.78. The van der Waals surface area contributed by atoms with Crippen molar-refractivity contribution in [2.75, 3.05) is 18.5 Å². The van der Waals surface area contributed by atoms with Crippen LogP contribution in [-0.2, 0) is 19.6 Å². The predicted molar refractivity (Wildman–Crippen MR) is 67.9 cm³/mol. The van der Waals surface area contributed by atoms with Crippen molar-refractivity contribution in [1.29, 1.82) is 0 Å². The van der Waals surface area contributed by atoms with Crippen molar-refractivity contribution in [2.45, 2.75) is 17.7 Å². The number of benzene rings is 1. The van der Waals surface area contributed by atoms with E-state index in [1.54, 1.807) is 0 Å². The Morgan fingerprint density at radius 1 is 1.30 bits per heavy atom. The van der Waals surface area contributed by atoms with Gasteiger partial charge in [0.2, 0.25) is 15.9 Å². The second-order valence-electron chi connectivity index (χ2n) is 3.83. The Hall–Kier alpha value is -1.58. The van der Waals surface area contributed by atoms with E-state index in [2.05, 4.69) is 10.1 Å². The van der Waals surface area contributed by atoms with Gasteiger partial charge in [-0.05, 0) is 24.3 Å². The van der Waals surface area contributed by atoms with Crippen LogP contribution in [0.4, 0.5) is 14.5 Å². The number of primary sulfonamides is 1. The highest BCUT2D eigenvalue weighted by Gasteiger charge is 2.08. The minimum absolute atomic E-state index is 0.0734. The SMILES string of the molecule is NS(=O)(=O)c1ccc(NC(=O)CCOCC(F)F)cc1. The van der Waals surface area contributed by atoms with E-state index in [1.165, 1.54) is 24.3 Å². The summed E-state index contributed by atoms with van der Waals surface area (Å²) in [6.45, 7) is -0.832. The second-order valence-corrected chi connectivity index (χ2v) is 5.39. The molecule has 3 N–H and O–H groups in total. The molecular weight excluding hydrogens is 294 g/mol. The summed E-state index contributed by atoms with van der Waals surface area (Å²) in [4.78, 5) is 11.3. The standard InChI is InChI=1S/C11H14F2N2O4S/c12-10(13)7-19-6-5-11(16)15-8-1-3-9(4-2-8)20(14,17)18/h1-4,10H,5-7H2,(H,15,16)(H2,14,17,18). The first kappa shape index (κ1) is 16.5. The van der Waals surface area contributed by atoms with Crippen molar-refractivity contribution in [3.63, 3.8) is 0 Å². The Morgan fingerprint density at radius 3 is 2.40 bits per heavy atom. The number of rotatable bonds is 7. The van der Waals surface area contributed by atoms with E-state index in [4.69, 9.17) is 5.14 Å². The molecule has 0 aromatic heterocycles. The van der Waals surface area contributed by atoms with Crippen molar-refractivity contribution < 1.29 is 26.7 Å². The number of amides is 1. The topological polar surface area (TPSA) is 98.5 Å². The monoisotopic (exact) mass is 308 g/mol. The van der Waals surface area contributed by atoms with Gasteiger partial charge in [-0.25, -0.2) is 22.3 Å². The molecule has 6 nitrogen and oxygen atoms in total. The number of nitrogens with one attached hydrogen (secondary N) is 1. The van der Waals surface area contributed by atoms with E-state index in [1.807, 2.05) is 0 Å².